The van der Waals surface area contributed by atoms with E-state index in [1.807, 2.05) is 84.9 Å². The number of alkyl carbamates (subject to hydrolysis) is 1. The second-order valence-corrected chi connectivity index (χ2v) is 18.1. The van der Waals surface area contributed by atoms with Crippen LogP contribution in [0.25, 0.3) is 11.1 Å². The lowest BCUT2D eigenvalue weighted by molar-refractivity contribution is -0.161. The van der Waals surface area contributed by atoms with Gasteiger partial charge in [0, 0.05) is 25.7 Å². The van der Waals surface area contributed by atoms with Crippen LogP contribution in [0.15, 0.2) is 58.4 Å². The molecule has 0 fully saturated rings. The molecule has 5 rings (SSSR count). The van der Waals surface area contributed by atoms with Crippen LogP contribution in [0.1, 0.15) is 107 Å². The van der Waals surface area contributed by atoms with Gasteiger partial charge in [0.05, 0.1) is 10.9 Å². The topological polar surface area (TPSA) is 180 Å². The predicted octanol–water partition coefficient (Wildman–Crippen LogP) is 6.93. The number of nitrogens with one attached hydrogen (secondary N) is 3. The Morgan fingerprint density at radius 3 is 2.14 bits per heavy atom. The third kappa shape index (κ3) is 10.9. The number of hydrogen-bond acceptors (Lipinski definition) is 9. The number of sulfonamides is 1. The van der Waals surface area contributed by atoms with Gasteiger partial charge in [-0.05, 0) is 131 Å². The van der Waals surface area contributed by atoms with E-state index in [4.69, 9.17) is 24.7 Å². The van der Waals surface area contributed by atoms with Crippen LogP contribution in [0.3, 0.4) is 0 Å². The Bertz CT molecular complexity index is 2070. The molecule has 1 aliphatic carbocycles. The van der Waals surface area contributed by atoms with Gasteiger partial charge in [-0.1, -0.05) is 62.4 Å². The van der Waals surface area contributed by atoms with Crippen molar-refractivity contribution < 1.29 is 37.0 Å². The molecule has 0 saturated carbocycles. The first-order chi connectivity index (χ1) is 28.0. The van der Waals surface area contributed by atoms with Crippen molar-refractivity contribution in [1.29, 1.82) is 0 Å². The standard InChI is InChI=1S/C45H63N5O8S/c1-10-55-42(56-11-2)38(25-27(3)4)48-41(51)37(49-44(52)57-26-36-34-19-14-12-17-32(34)33-18-13-15-20-35(33)36)21-16-24-47-43(46)50-59(53,54)40-29(6)28(5)39-31(30(40)7)22-23-45(8,9)58-39/h12-15,17-20,27,36-38,42H,10-11,16,21-26H2,1-9H3,(H,48,51)(H,49,52)(H3,46,47,50)/t37-,38+/m1/s1. The van der Waals surface area contributed by atoms with E-state index in [1.165, 1.54) is 0 Å². The number of amides is 2. The molecule has 2 aliphatic rings. The zero-order valence-electron chi connectivity index (χ0n) is 36.1. The molecule has 0 radical (unpaired) electrons. The van der Waals surface area contributed by atoms with E-state index in [1.54, 1.807) is 13.8 Å². The lowest BCUT2D eigenvalue weighted by Crippen LogP contribution is -2.54. The Morgan fingerprint density at radius 2 is 1.54 bits per heavy atom. The Labute approximate surface area is 350 Å². The highest BCUT2D eigenvalue weighted by atomic mass is 32.2. The fourth-order valence-corrected chi connectivity index (χ4v) is 9.68. The van der Waals surface area contributed by atoms with Gasteiger partial charge in [0.2, 0.25) is 11.9 Å². The van der Waals surface area contributed by atoms with Crippen LogP contribution in [-0.2, 0) is 35.4 Å². The van der Waals surface area contributed by atoms with E-state index in [0.29, 0.717) is 37.2 Å². The van der Waals surface area contributed by atoms with Crippen LogP contribution >= 0.6 is 0 Å². The first kappa shape index (κ1) is 45.4. The average Bonchev–Trinajstić information content (AvgIpc) is 3.49. The van der Waals surface area contributed by atoms with Gasteiger partial charge < -0.3 is 35.3 Å². The van der Waals surface area contributed by atoms with E-state index in [0.717, 1.165) is 45.6 Å². The Kier molecular flexibility index (Phi) is 15.1. The molecule has 0 spiro atoms. The highest BCUT2D eigenvalue weighted by Crippen LogP contribution is 2.45. The van der Waals surface area contributed by atoms with Crippen molar-refractivity contribution in [2.24, 2.45) is 16.6 Å². The molecular formula is C45H63N5O8S. The lowest BCUT2D eigenvalue weighted by Gasteiger charge is -2.35. The maximum atomic E-state index is 14.0. The zero-order chi connectivity index (χ0) is 43.1. The number of nitrogens with zero attached hydrogens (tertiary/aromatic N) is 1. The summed E-state index contributed by atoms with van der Waals surface area (Å²) in [6.07, 6.45) is 1.03. The van der Waals surface area contributed by atoms with E-state index in [2.05, 4.69) is 32.5 Å². The second kappa shape index (κ2) is 19.6. The van der Waals surface area contributed by atoms with Gasteiger partial charge in [-0.2, -0.15) is 0 Å². The number of benzene rings is 3. The number of guanidine groups is 1. The van der Waals surface area contributed by atoms with Crippen LogP contribution in [0.2, 0.25) is 0 Å². The monoisotopic (exact) mass is 833 g/mol. The van der Waals surface area contributed by atoms with Gasteiger partial charge in [-0.25, -0.2) is 17.9 Å². The molecule has 322 valence electrons. The number of fused-ring (bicyclic) bond motifs is 4. The van der Waals surface area contributed by atoms with Crippen molar-refractivity contribution in [2.45, 2.75) is 129 Å². The minimum Gasteiger partial charge on any atom is -0.487 e. The quantitative estimate of drug-likeness (QED) is 0.0458. The number of carbonyl (C=O) groups is 2. The Balaban J connectivity index is 1.29. The van der Waals surface area contributed by atoms with Gasteiger partial charge in [-0.15, -0.1) is 0 Å². The summed E-state index contributed by atoms with van der Waals surface area (Å²) >= 11 is 0. The summed E-state index contributed by atoms with van der Waals surface area (Å²) in [5.74, 6) is 0.0663. The van der Waals surface area contributed by atoms with Gasteiger partial charge in [0.1, 0.15) is 24.0 Å². The molecular weight excluding hydrogens is 771 g/mol. The van der Waals surface area contributed by atoms with Gasteiger partial charge >= 0.3 is 6.09 Å². The number of hydrogen-bond donors (Lipinski definition) is 4. The number of nitrogens with two attached hydrogens (primary N) is 1. The highest BCUT2D eigenvalue weighted by molar-refractivity contribution is 7.90. The number of aliphatic imine (C=N–C) groups is 1. The SMILES string of the molecule is CCOC(OCC)[C@H](CC(C)C)NC(=O)[C@@H](CCCN=C(N)NS(=O)(=O)c1c(C)c(C)c2c(c1C)CCC(C)(C)O2)NC(=O)OCC1c2ccccc2-c2ccccc21. The summed E-state index contributed by atoms with van der Waals surface area (Å²) in [6, 6.07) is 14.6. The van der Waals surface area contributed by atoms with Crippen molar-refractivity contribution >= 4 is 28.0 Å². The molecule has 0 aromatic heterocycles. The average molecular weight is 834 g/mol. The first-order valence-electron chi connectivity index (χ1n) is 20.8. The summed E-state index contributed by atoms with van der Waals surface area (Å²) in [5.41, 5.74) is 13.0. The van der Waals surface area contributed by atoms with Crippen molar-refractivity contribution in [1.82, 2.24) is 15.4 Å². The fourth-order valence-electron chi connectivity index (χ4n) is 8.16. The number of carbonyl (C=O) groups excluding carboxylic acids is 2. The maximum absolute atomic E-state index is 14.0. The second-order valence-electron chi connectivity index (χ2n) is 16.4. The predicted molar refractivity (Wildman–Crippen MR) is 230 cm³/mol. The lowest BCUT2D eigenvalue weighted by atomic mass is 9.88. The zero-order valence-corrected chi connectivity index (χ0v) is 36.9. The molecule has 1 heterocycles. The van der Waals surface area contributed by atoms with Gasteiger partial charge in [0.25, 0.3) is 10.0 Å². The molecule has 13 nitrogen and oxygen atoms in total. The third-order valence-corrected chi connectivity index (χ3v) is 12.7. The maximum Gasteiger partial charge on any atom is 0.407 e. The first-order valence-corrected chi connectivity index (χ1v) is 22.3. The molecule has 5 N–H and O–H groups in total. The van der Waals surface area contributed by atoms with Crippen LogP contribution in [0, 0.1) is 26.7 Å². The highest BCUT2D eigenvalue weighted by Gasteiger charge is 2.35. The van der Waals surface area contributed by atoms with Crippen LogP contribution in [0.4, 0.5) is 4.79 Å². The van der Waals surface area contributed by atoms with Crippen LogP contribution < -0.4 is 25.8 Å². The summed E-state index contributed by atoms with van der Waals surface area (Å²) in [7, 11) is -4.10. The van der Waals surface area contributed by atoms with Crippen molar-refractivity contribution in [2.75, 3.05) is 26.4 Å². The third-order valence-electron chi connectivity index (χ3n) is 11.1. The molecule has 2 amide bonds. The van der Waals surface area contributed by atoms with E-state index >= 15 is 0 Å². The smallest absolute Gasteiger partial charge is 0.407 e. The summed E-state index contributed by atoms with van der Waals surface area (Å²) in [6.45, 7) is 18.2. The molecule has 1 aliphatic heterocycles. The van der Waals surface area contributed by atoms with Crippen LogP contribution in [0.5, 0.6) is 5.75 Å². The van der Waals surface area contributed by atoms with E-state index in [-0.39, 0.29) is 54.3 Å². The van der Waals surface area contributed by atoms with Crippen LogP contribution in [-0.4, -0.2) is 76.7 Å². The van der Waals surface area contributed by atoms with Crippen molar-refractivity contribution in [3.8, 4) is 16.9 Å². The number of ether oxygens (including phenoxy) is 4. The van der Waals surface area contributed by atoms with Crippen molar-refractivity contribution in [3.05, 3.63) is 81.9 Å². The fraction of sp³-hybridized carbons (Fsp3) is 0.533. The van der Waals surface area contributed by atoms with Gasteiger partial charge in [-0.3, -0.25) is 9.79 Å². The molecule has 3 aromatic carbocycles. The molecule has 14 heteroatoms. The molecule has 2 atom stereocenters. The van der Waals surface area contributed by atoms with Gasteiger partial charge in [0.15, 0.2) is 6.29 Å². The normalized spacial score (nSPS) is 15.8. The minimum atomic E-state index is -4.10. The molecule has 0 bridgehead atoms. The molecule has 0 unspecified atom stereocenters. The Morgan fingerprint density at radius 1 is 0.932 bits per heavy atom. The summed E-state index contributed by atoms with van der Waals surface area (Å²) in [5, 5.41) is 5.86. The number of rotatable bonds is 18. The minimum absolute atomic E-state index is 0.0740. The van der Waals surface area contributed by atoms with E-state index in [9.17, 15) is 18.0 Å². The largest absolute Gasteiger partial charge is 0.487 e. The molecule has 0 saturated heterocycles. The molecule has 3 aromatic rings. The van der Waals surface area contributed by atoms with Crippen molar-refractivity contribution in [3.63, 3.8) is 0 Å². The Hall–Kier alpha value is -4.66. The summed E-state index contributed by atoms with van der Waals surface area (Å²) < 4.78 is 53.8. The summed E-state index contributed by atoms with van der Waals surface area (Å²) in [4.78, 5) is 32.0. The van der Waals surface area contributed by atoms with E-state index < -0.39 is 40.4 Å². The molecule has 59 heavy (non-hydrogen) atoms.